The Bertz CT molecular complexity index is 324. The van der Waals surface area contributed by atoms with Crippen molar-refractivity contribution in [1.82, 2.24) is 10.2 Å². The second-order valence-electron chi connectivity index (χ2n) is 6.80. The fourth-order valence-electron chi connectivity index (χ4n) is 2.67. The third kappa shape index (κ3) is 4.93. The molecule has 2 rings (SSSR count). The Labute approximate surface area is 129 Å². The molecule has 0 amide bonds. The zero-order valence-corrected chi connectivity index (χ0v) is 14.0. The maximum absolute atomic E-state index is 10.1. The first kappa shape index (κ1) is 17.2. The van der Waals surface area contributed by atoms with E-state index in [9.17, 15) is 5.02 Å². The molecule has 5 nitrogen and oxygen atoms in total. The van der Waals surface area contributed by atoms with E-state index in [1.165, 1.54) is 12.8 Å². The fourth-order valence-corrected chi connectivity index (χ4v) is 2.67. The van der Waals surface area contributed by atoms with Gasteiger partial charge in [0.25, 0.3) is 0 Å². The lowest BCUT2D eigenvalue weighted by molar-refractivity contribution is 0.112. The quantitative estimate of drug-likeness (QED) is 0.344. The van der Waals surface area contributed by atoms with Crippen LogP contribution >= 0.6 is 0 Å². The molecule has 1 saturated carbocycles. The van der Waals surface area contributed by atoms with E-state index in [4.69, 9.17) is 9.39 Å². The van der Waals surface area contributed by atoms with Crippen molar-refractivity contribution in [1.29, 1.82) is 0 Å². The van der Waals surface area contributed by atoms with Crippen molar-refractivity contribution in [3.05, 3.63) is 0 Å². The predicted octanol–water partition coefficient (Wildman–Crippen LogP) is 1.47. The highest BCUT2D eigenvalue weighted by Crippen LogP contribution is 2.35. The van der Waals surface area contributed by atoms with E-state index in [2.05, 4.69) is 31.1 Å². The lowest BCUT2D eigenvalue weighted by Crippen LogP contribution is -2.52. The van der Waals surface area contributed by atoms with Crippen LogP contribution in [0.5, 0.6) is 0 Å². The Morgan fingerprint density at radius 3 is 2.67 bits per heavy atom. The number of nitrogens with zero attached hydrogens (tertiary/aromatic N) is 1. The summed E-state index contributed by atoms with van der Waals surface area (Å²) in [6.45, 7) is 8.58. The standard InChI is InChI=1S/C15H31BN2O3/c1-5-6-9-21-16(19)12(2)10-18(4)13(3)15(11-20-15)17-14-7-8-14/h12-14,17,19H,5-11H2,1-4H3. The van der Waals surface area contributed by atoms with Crippen molar-refractivity contribution >= 4 is 7.12 Å². The van der Waals surface area contributed by atoms with Crippen LogP contribution in [0.15, 0.2) is 0 Å². The van der Waals surface area contributed by atoms with Crippen molar-refractivity contribution in [3.63, 3.8) is 0 Å². The van der Waals surface area contributed by atoms with Gasteiger partial charge in [-0.1, -0.05) is 20.3 Å². The molecule has 1 aliphatic heterocycles. The van der Waals surface area contributed by atoms with Crippen LogP contribution in [0.3, 0.4) is 0 Å². The molecule has 6 heteroatoms. The van der Waals surface area contributed by atoms with Crippen LogP contribution in [0.4, 0.5) is 0 Å². The van der Waals surface area contributed by atoms with Crippen LogP contribution in [0, 0.1) is 0 Å². The van der Waals surface area contributed by atoms with E-state index in [1.807, 2.05) is 6.92 Å². The molecule has 0 bridgehead atoms. The molecule has 0 aromatic heterocycles. The van der Waals surface area contributed by atoms with E-state index >= 15 is 0 Å². The number of rotatable bonds is 11. The van der Waals surface area contributed by atoms with E-state index in [-0.39, 0.29) is 11.5 Å². The highest BCUT2D eigenvalue weighted by Gasteiger charge is 2.53. The normalized spacial score (nSPS) is 27.7. The highest BCUT2D eigenvalue weighted by atomic mass is 16.6. The minimum absolute atomic E-state index is 0.0889. The number of unbranched alkanes of at least 4 members (excludes halogenated alkanes) is 1. The van der Waals surface area contributed by atoms with Crippen LogP contribution in [-0.4, -0.2) is 61.7 Å². The van der Waals surface area contributed by atoms with E-state index in [0.717, 1.165) is 26.0 Å². The van der Waals surface area contributed by atoms with Gasteiger partial charge in [-0.3, -0.25) is 10.2 Å². The number of hydrogen-bond donors (Lipinski definition) is 2. The zero-order chi connectivity index (χ0) is 15.5. The van der Waals surface area contributed by atoms with Gasteiger partial charge in [0.1, 0.15) is 0 Å². The predicted molar refractivity (Wildman–Crippen MR) is 85.2 cm³/mol. The summed E-state index contributed by atoms with van der Waals surface area (Å²) >= 11 is 0. The second kappa shape index (κ2) is 7.42. The molecule has 2 aliphatic rings. The first-order chi connectivity index (χ1) is 9.98. The van der Waals surface area contributed by atoms with Crippen molar-refractivity contribution in [2.45, 2.75) is 70.1 Å². The number of likely N-dealkylation sites (N-methyl/N-ethyl adjacent to an activating group) is 1. The second-order valence-corrected chi connectivity index (χ2v) is 6.80. The summed E-state index contributed by atoms with van der Waals surface area (Å²) in [5.74, 6) is 0.0889. The van der Waals surface area contributed by atoms with Crippen molar-refractivity contribution < 1.29 is 14.4 Å². The summed E-state index contributed by atoms with van der Waals surface area (Å²) in [5, 5.41) is 13.7. The zero-order valence-electron chi connectivity index (χ0n) is 14.0. The number of hydrogen-bond acceptors (Lipinski definition) is 5. The Balaban J connectivity index is 1.73. The summed E-state index contributed by atoms with van der Waals surface area (Å²) in [6.07, 6.45) is 4.62. The van der Waals surface area contributed by atoms with Gasteiger partial charge in [-0.25, -0.2) is 0 Å². The molecule has 2 N–H and O–H groups in total. The van der Waals surface area contributed by atoms with E-state index < -0.39 is 7.12 Å². The van der Waals surface area contributed by atoms with Gasteiger partial charge in [0.2, 0.25) is 0 Å². The average molecular weight is 298 g/mol. The summed E-state index contributed by atoms with van der Waals surface area (Å²) in [7, 11) is 1.41. The van der Waals surface area contributed by atoms with Crippen molar-refractivity contribution in [3.8, 4) is 0 Å². The molecule has 3 unspecified atom stereocenters. The van der Waals surface area contributed by atoms with Crippen LogP contribution in [-0.2, 0) is 9.39 Å². The minimum Gasteiger partial charge on any atom is -0.427 e. The molecule has 0 radical (unpaired) electrons. The molecule has 0 spiro atoms. The third-order valence-corrected chi connectivity index (χ3v) is 4.67. The summed E-state index contributed by atoms with van der Waals surface area (Å²) < 4.78 is 11.2. The average Bonchev–Trinajstić information content (AvgIpc) is 3.36. The van der Waals surface area contributed by atoms with Crippen LogP contribution in [0.2, 0.25) is 5.82 Å². The SMILES string of the molecule is CCCCOB(O)C(C)CN(C)C(C)C1(NC2CC2)CO1. The smallest absolute Gasteiger partial charge is 0.427 e. The first-order valence-corrected chi connectivity index (χ1v) is 8.40. The van der Waals surface area contributed by atoms with Gasteiger partial charge in [-0.2, -0.15) is 0 Å². The largest absolute Gasteiger partial charge is 0.458 e. The van der Waals surface area contributed by atoms with Gasteiger partial charge in [-0.05, 0) is 39.8 Å². The molecule has 2 fully saturated rings. The molecule has 1 heterocycles. The summed E-state index contributed by atoms with van der Waals surface area (Å²) in [6, 6.07) is 0.937. The number of epoxide rings is 1. The maximum atomic E-state index is 10.1. The Hall–Kier alpha value is -0.135. The maximum Gasteiger partial charge on any atom is 0.458 e. The van der Waals surface area contributed by atoms with Crippen molar-refractivity contribution in [2.75, 3.05) is 26.8 Å². The monoisotopic (exact) mass is 298 g/mol. The van der Waals surface area contributed by atoms with Gasteiger partial charge in [0.05, 0.1) is 12.6 Å². The van der Waals surface area contributed by atoms with Gasteiger partial charge < -0.3 is 14.4 Å². The number of ether oxygens (including phenoxy) is 1. The van der Waals surface area contributed by atoms with E-state index in [1.54, 1.807) is 0 Å². The van der Waals surface area contributed by atoms with Gasteiger partial charge in [-0.15, -0.1) is 0 Å². The Kier molecular flexibility index (Phi) is 6.09. The van der Waals surface area contributed by atoms with Gasteiger partial charge >= 0.3 is 7.12 Å². The molecule has 1 saturated heterocycles. The van der Waals surface area contributed by atoms with Crippen LogP contribution in [0.25, 0.3) is 0 Å². The molecule has 122 valence electrons. The molecule has 0 aromatic rings. The van der Waals surface area contributed by atoms with E-state index in [0.29, 0.717) is 18.7 Å². The van der Waals surface area contributed by atoms with Gasteiger partial charge in [0.15, 0.2) is 5.72 Å². The molecule has 0 aromatic carbocycles. The molecule has 1 aliphatic carbocycles. The first-order valence-electron chi connectivity index (χ1n) is 8.40. The number of nitrogens with one attached hydrogen (secondary N) is 1. The van der Waals surface area contributed by atoms with Gasteiger partial charge in [0, 0.05) is 18.5 Å². The molecular weight excluding hydrogens is 267 g/mol. The van der Waals surface area contributed by atoms with Crippen LogP contribution < -0.4 is 5.32 Å². The fraction of sp³-hybridized carbons (Fsp3) is 1.00. The highest BCUT2D eigenvalue weighted by molar-refractivity contribution is 6.44. The Morgan fingerprint density at radius 1 is 1.48 bits per heavy atom. The van der Waals surface area contributed by atoms with Crippen LogP contribution in [0.1, 0.15) is 46.5 Å². The Morgan fingerprint density at radius 2 is 2.14 bits per heavy atom. The summed E-state index contributed by atoms with van der Waals surface area (Å²) in [4.78, 5) is 2.26. The van der Waals surface area contributed by atoms with Crippen molar-refractivity contribution in [2.24, 2.45) is 0 Å². The summed E-state index contributed by atoms with van der Waals surface area (Å²) in [5.41, 5.74) is -0.163. The molecule has 21 heavy (non-hydrogen) atoms. The lowest BCUT2D eigenvalue weighted by Gasteiger charge is -2.32. The topological polar surface area (TPSA) is 57.3 Å². The lowest BCUT2D eigenvalue weighted by atomic mass is 9.73. The third-order valence-electron chi connectivity index (χ3n) is 4.67. The molecular formula is C15H31BN2O3. The molecule has 3 atom stereocenters. The minimum atomic E-state index is -0.682.